The third kappa shape index (κ3) is 3.07. The Labute approximate surface area is 127 Å². The van der Waals surface area contributed by atoms with E-state index in [2.05, 4.69) is 20.1 Å². The summed E-state index contributed by atoms with van der Waals surface area (Å²) in [5, 5.41) is 7.26. The predicted molar refractivity (Wildman–Crippen MR) is 76.4 cm³/mol. The van der Waals surface area contributed by atoms with Gasteiger partial charge in [-0.15, -0.1) is 0 Å². The summed E-state index contributed by atoms with van der Waals surface area (Å²) in [5.41, 5.74) is 0.888. The van der Waals surface area contributed by atoms with E-state index in [-0.39, 0.29) is 18.0 Å². The molecule has 2 atom stereocenters. The lowest BCUT2D eigenvalue weighted by Crippen LogP contribution is -2.25. The first-order chi connectivity index (χ1) is 10.2. The number of nitrogens with zero attached hydrogens (tertiary/aromatic N) is 3. The van der Waals surface area contributed by atoms with Crippen molar-refractivity contribution in [3.05, 3.63) is 46.8 Å². The van der Waals surface area contributed by atoms with Gasteiger partial charge in [0, 0.05) is 25.2 Å². The highest BCUT2D eigenvalue weighted by Gasteiger charge is 2.35. The number of hydrogen-bond acceptors (Lipinski definition) is 4. The summed E-state index contributed by atoms with van der Waals surface area (Å²) in [4.78, 5) is 6.45. The van der Waals surface area contributed by atoms with E-state index in [4.69, 9.17) is 16.3 Å². The predicted octanol–water partition coefficient (Wildman–Crippen LogP) is 2.56. The van der Waals surface area contributed by atoms with Crippen molar-refractivity contribution in [3.63, 3.8) is 0 Å². The molecule has 7 heteroatoms. The van der Waals surface area contributed by atoms with Crippen molar-refractivity contribution in [1.29, 1.82) is 0 Å². The van der Waals surface area contributed by atoms with Gasteiger partial charge in [-0.05, 0) is 24.1 Å². The number of H-pyrrole nitrogens is 1. The van der Waals surface area contributed by atoms with E-state index in [0.717, 1.165) is 24.4 Å². The number of methoxy groups -OCH3 is 1. The van der Waals surface area contributed by atoms with Crippen molar-refractivity contribution in [1.82, 2.24) is 20.1 Å². The Balaban J connectivity index is 1.81. The smallest absolute Gasteiger partial charge is 0.141 e. The maximum Gasteiger partial charge on any atom is 0.141 e. The van der Waals surface area contributed by atoms with Crippen molar-refractivity contribution in [2.24, 2.45) is 0 Å². The van der Waals surface area contributed by atoms with Gasteiger partial charge in [-0.25, -0.2) is 9.37 Å². The Bertz CT molecular complexity index is 607. The Hall–Kier alpha value is -1.50. The molecule has 2 heterocycles. The molecule has 21 heavy (non-hydrogen) atoms. The highest BCUT2D eigenvalue weighted by molar-refractivity contribution is 6.31. The van der Waals surface area contributed by atoms with Crippen LogP contribution in [-0.2, 0) is 11.3 Å². The highest BCUT2D eigenvalue weighted by atomic mass is 35.5. The number of likely N-dealkylation sites (tertiary alicyclic amines) is 1. The van der Waals surface area contributed by atoms with Crippen LogP contribution in [-0.4, -0.2) is 39.8 Å². The molecule has 112 valence electrons. The molecule has 0 bridgehead atoms. The van der Waals surface area contributed by atoms with Gasteiger partial charge in [-0.3, -0.25) is 10.00 Å². The van der Waals surface area contributed by atoms with Crippen LogP contribution in [0, 0.1) is 5.82 Å². The number of halogens is 2. The number of aromatic amines is 1. The van der Waals surface area contributed by atoms with Crippen LogP contribution >= 0.6 is 11.6 Å². The maximum absolute atomic E-state index is 13.1. The van der Waals surface area contributed by atoms with Crippen molar-refractivity contribution in [2.45, 2.75) is 25.1 Å². The lowest BCUT2D eigenvalue weighted by Gasteiger charge is -2.22. The topological polar surface area (TPSA) is 54.0 Å². The normalized spacial score (nSPS) is 22.8. The van der Waals surface area contributed by atoms with Crippen molar-refractivity contribution < 1.29 is 9.13 Å². The molecule has 0 amide bonds. The first kappa shape index (κ1) is 14.4. The van der Waals surface area contributed by atoms with E-state index in [0.29, 0.717) is 11.6 Å². The minimum atomic E-state index is -0.327. The SMILES string of the molecule is CO[C@@H]1C[C@@H](c2ncn[nH]2)N(Cc2ccc(F)cc2Cl)C1. The average Bonchev–Trinajstić information content (AvgIpc) is 3.10. The Morgan fingerprint density at radius 2 is 2.38 bits per heavy atom. The van der Waals surface area contributed by atoms with Gasteiger partial charge < -0.3 is 4.74 Å². The van der Waals surface area contributed by atoms with E-state index < -0.39 is 0 Å². The molecule has 0 saturated carbocycles. The molecule has 1 N–H and O–H groups in total. The molecule has 0 radical (unpaired) electrons. The summed E-state index contributed by atoms with van der Waals surface area (Å²) < 4.78 is 18.6. The number of benzene rings is 1. The van der Waals surface area contributed by atoms with Crippen LogP contribution in [0.4, 0.5) is 4.39 Å². The van der Waals surface area contributed by atoms with E-state index >= 15 is 0 Å². The zero-order valence-corrected chi connectivity index (χ0v) is 12.3. The standard InChI is InChI=1S/C14H16ClFN4O/c1-21-11-5-13(14-17-8-18-19-14)20(7-11)6-9-2-3-10(16)4-12(9)15/h2-4,8,11,13H,5-7H2,1H3,(H,17,18,19)/t11-,13+/m1/s1. The second-order valence-electron chi connectivity index (χ2n) is 5.15. The molecular weight excluding hydrogens is 295 g/mol. The summed E-state index contributed by atoms with van der Waals surface area (Å²) in [5.74, 6) is 0.486. The third-order valence-corrected chi connectivity index (χ3v) is 4.19. The Morgan fingerprint density at radius 1 is 1.52 bits per heavy atom. The minimum Gasteiger partial charge on any atom is -0.380 e. The van der Waals surface area contributed by atoms with Gasteiger partial charge in [0.15, 0.2) is 0 Å². The Kier molecular flexibility index (Phi) is 4.19. The van der Waals surface area contributed by atoms with E-state index in [1.54, 1.807) is 13.2 Å². The number of hydrogen-bond donors (Lipinski definition) is 1. The molecular formula is C14H16ClFN4O. The second kappa shape index (κ2) is 6.09. The fourth-order valence-electron chi connectivity index (χ4n) is 2.74. The summed E-state index contributed by atoms with van der Waals surface area (Å²) in [6, 6.07) is 4.58. The van der Waals surface area contributed by atoms with Crippen molar-refractivity contribution in [3.8, 4) is 0 Å². The van der Waals surface area contributed by atoms with Gasteiger partial charge in [-0.2, -0.15) is 5.10 Å². The lowest BCUT2D eigenvalue weighted by atomic mass is 10.1. The molecule has 1 aliphatic rings. The molecule has 1 saturated heterocycles. The van der Waals surface area contributed by atoms with Crippen molar-refractivity contribution >= 4 is 11.6 Å². The van der Waals surface area contributed by atoms with Crippen LogP contribution in [0.5, 0.6) is 0 Å². The number of rotatable bonds is 4. The van der Waals surface area contributed by atoms with E-state index in [1.165, 1.54) is 18.5 Å². The van der Waals surface area contributed by atoms with E-state index in [1.807, 2.05) is 0 Å². The number of aromatic nitrogens is 3. The molecule has 2 aromatic rings. The van der Waals surface area contributed by atoms with E-state index in [9.17, 15) is 4.39 Å². The summed E-state index contributed by atoms with van der Waals surface area (Å²) in [6.07, 6.45) is 2.47. The molecule has 1 fully saturated rings. The molecule has 1 aromatic heterocycles. The quantitative estimate of drug-likeness (QED) is 0.943. The largest absolute Gasteiger partial charge is 0.380 e. The summed E-state index contributed by atoms with van der Waals surface area (Å²) >= 11 is 6.12. The third-order valence-electron chi connectivity index (χ3n) is 3.84. The van der Waals surface area contributed by atoms with Crippen LogP contribution in [0.2, 0.25) is 5.02 Å². The first-order valence-electron chi connectivity index (χ1n) is 6.73. The number of ether oxygens (including phenoxy) is 1. The van der Waals surface area contributed by atoms with Crippen molar-refractivity contribution in [2.75, 3.05) is 13.7 Å². The van der Waals surface area contributed by atoms with Gasteiger partial charge in [0.25, 0.3) is 0 Å². The molecule has 0 spiro atoms. The van der Waals surface area contributed by atoms with Crippen LogP contribution in [0.15, 0.2) is 24.5 Å². The second-order valence-corrected chi connectivity index (χ2v) is 5.55. The molecule has 0 aliphatic carbocycles. The lowest BCUT2D eigenvalue weighted by molar-refractivity contribution is 0.107. The zero-order chi connectivity index (χ0) is 14.8. The van der Waals surface area contributed by atoms with Gasteiger partial charge in [-0.1, -0.05) is 17.7 Å². The van der Waals surface area contributed by atoms with Crippen LogP contribution in [0.3, 0.4) is 0 Å². The Morgan fingerprint density at radius 3 is 3.05 bits per heavy atom. The maximum atomic E-state index is 13.1. The average molecular weight is 311 g/mol. The molecule has 3 rings (SSSR count). The summed E-state index contributed by atoms with van der Waals surface area (Å²) in [6.45, 7) is 1.39. The monoisotopic (exact) mass is 310 g/mol. The van der Waals surface area contributed by atoms with Crippen LogP contribution < -0.4 is 0 Å². The number of nitrogens with one attached hydrogen (secondary N) is 1. The van der Waals surface area contributed by atoms with Gasteiger partial charge >= 0.3 is 0 Å². The molecule has 0 unspecified atom stereocenters. The fraction of sp³-hybridized carbons (Fsp3) is 0.429. The van der Waals surface area contributed by atoms with Gasteiger partial charge in [0.2, 0.25) is 0 Å². The van der Waals surface area contributed by atoms with Gasteiger partial charge in [0.1, 0.15) is 18.0 Å². The molecule has 1 aromatic carbocycles. The minimum absolute atomic E-state index is 0.0959. The zero-order valence-electron chi connectivity index (χ0n) is 11.6. The van der Waals surface area contributed by atoms with Crippen LogP contribution in [0.1, 0.15) is 23.9 Å². The van der Waals surface area contributed by atoms with Crippen LogP contribution in [0.25, 0.3) is 0 Å². The summed E-state index contributed by atoms with van der Waals surface area (Å²) in [7, 11) is 1.70. The fourth-order valence-corrected chi connectivity index (χ4v) is 2.96. The molecule has 5 nitrogen and oxygen atoms in total. The highest BCUT2D eigenvalue weighted by Crippen LogP contribution is 2.33. The first-order valence-corrected chi connectivity index (χ1v) is 7.11. The van der Waals surface area contributed by atoms with Gasteiger partial charge in [0.05, 0.1) is 12.1 Å². The molecule has 1 aliphatic heterocycles.